The summed E-state index contributed by atoms with van der Waals surface area (Å²) in [5.74, 6) is 0.213. The molecule has 4 heteroatoms. The molecule has 0 saturated heterocycles. The summed E-state index contributed by atoms with van der Waals surface area (Å²) in [6, 6.07) is 14.6. The Morgan fingerprint density at radius 1 is 1.08 bits per heavy atom. The number of rotatable bonds is 3. The number of ketones is 1. The monoisotopic (exact) mass is 334 g/mol. The predicted molar refractivity (Wildman–Crippen MR) is 100 cm³/mol. The number of carbonyl (C=O) groups excluding carboxylic acids is 1. The zero-order chi connectivity index (χ0) is 16.5. The molecule has 2 aromatic carbocycles. The molecule has 0 aliphatic heterocycles. The average Bonchev–Trinajstić information content (AvgIpc) is 2.98. The van der Waals surface area contributed by atoms with Crippen molar-refractivity contribution in [2.75, 3.05) is 5.32 Å². The van der Waals surface area contributed by atoms with Crippen LogP contribution in [0.15, 0.2) is 54.2 Å². The van der Waals surface area contributed by atoms with Gasteiger partial charge in [-0.25, -0.2) is 4.98 Å². The van der Waals surface area contributed by atoms with Crippen molar-refractivity contribution in [2.24, 2.45) is 0 Å². The van der Waals surface area contributed by atoms with E-state index in [2.05, 4.69) is 42.6 Å². The summed E-state index contributed by atoms with van der Waals surface area (Å²) in [4.78, 5) is 16.2. The van der Waals surface area contributed by atoms with Gasteiger partial charge in [0, 0.05) is 29.4 Å². The average molecular weight is 334 g/mol. The number of nitrogens with zero attached hydrogens (tertiary/aromatic N) is 1. The highest BCUT2D eigenvalue weighted by molar-refractivity contribution is 7.21. The summed E-state index contributed by atoms with van der Waals surface area (Å²) >= 11 is 1.72. The van der Waals surface area contributed by atoms with Crippen molar-refractivity contribution < 1.29 is 4.79 Å². The van der Waals surface area contributed by atoms with Crippen LogP contribution in [-0.2, 0) is 4.79 Å². The van der Waals surface area contributed by atoms with Gasteiger partial charge in [-0.15, -0.1) is 11.3 Å². The van der Waals surface area contributed by atoms with Gasteiger partial charge < -0.3 is 5.32 Å². The number of thiazole rings is 1. The lowest BCUT2D eigenvalue weighted by Gasteiger charge is -2.14. The first-order valence-electron chi connectivity index (χ1n) is 8.15. The Balaban J connectivity index is 1.57. The molecular weight excluding hydrogens is 316 g/mol. The van der Waals surface area contributed by atoms with Crippen LogP contribution in [0.4, 0.5) is 5.69 Å². The maximum Gasteiger partial charge on any atom is 0.157 e. The van der Waals surface area contributed by atoms with E-state index in [1.807, 2.05) is 12.1 Å². The molecule has 1 N–H and O–H groups in total. The largest absolute Gasteiger partial charge is 0.359 e. The lowest BCUT2D eigenvalue weighted by atomic mass is 10.0. The number of carbonyl (C=O) groups is 1. The second-order valence-corrected chi connectivity index (χ2v) is 7.21. The molecule has 0 amide bonds. The second-order valence-electron chi connectivity index (χ2n) is 6.18. The number of benzene rings is 2. The lowest BCUT2D eigenvalue weighted by Crippen LogP contribution is -2.08. The number of hydrogen-bond acceptors (Lipinski definition) is 4. The summed E-state index contributed by atoms with van der Waals surface area (Å²) in [6.45, 7) is 2.10. The van der Waals surface area contributed by atoms with E-state index in [9.17, 15) is 4.79 Å². The first-order chi connectivity index (χ1) is 11.7. The summed E-state index contributed by atoms with van der Waals surface area (Å²) in [7, 11) is 0. The molecule has 1 aliphatic rings. The molecule has 0 saturated carbocycles. The van der Waals surface area contributed by atoms with Gasteiger partial charge in [0.05, 0.1) is 10.2 Å². The van der Waals surface area contributed by atoms with Gasteiger partial charge in [0.2, 0.25) is 0 Å². The van der Waals surface area contributed by atoms with Gasteiger partial charge in [-0.1, -0.05) is 6.07 Å². The fourth-order valence-electron chi connectivity index (χ4n) is 2.93. The minimum Gasteiger partial charge on any atom is -0.359 e. The number of nitrogens with one attached hydrogen (secondary N) is 1. The lowest BCUT2D eigenvalue weighted by molar-refractivity contribution is -0.115. The molecule has 24 heavy (non-hydrogen) atoms. The van der Waals surface area contributed by atoms with Crippen LogP contribution in [-0.4, -0.2) is 10.8 Å². The van der Waals surface area contributed by atoms with Crippen molar-refractivity contribution in [3.8, 4) is 10.6 Å². The Morgan fingerprint density at radius 2 is 1.92 bits per heavy atom. The SMILES string of the molecule is Cc1ccc2nc(-c3ccc(NC4=CC(=O)CCC4)cc3)sc2c1. The van der Waals surface area contributed by atoms with E-state index in [0.29, 0.717) is 6.42 Å². The van der Waals surface area contributed by atoms with Crippen LogP contribution in [0.3, 0.4) is 0 Å². The Labute approximate surface area is 145 Å². The van der Waals surface area contributed by atoms with Crippen molar-refractivity contribution in [2.45, 2.75) is 26.2 Å². The van der Waals surface area contributed by atoms with Crippen LogP contribution in [0.25, 0.3) is 20.8 Å². The molecule has 0 spiro atoms. The van der Waals surface area contributed by atoms with Crippen molar-refractivity contribution in [1.29, 1.82) is 0 Å². The maximum atomic E-state index is 11.5. The number of aryl methyl sites for hydroxylation is 1. The maximum absolute atomic E-state index is 11.5. The minimum absolute atomic E-state index is 0.213. The van der Waals surface area contributed by atoms with Gasteiger partial charge in [-0.3, -0.25) is 4.79 Å². The Hall–Kier alpha value is -2.46. The van der Waals surface area contributed by atoms with Crippen molar-refractivity contribution in [3.63, 3.8) is 0 Å². The molecule has 0 fully saturated rings. The molecule has 1 aromatic heterocycles. The summed E-state index contributed by atoms with van der Waals surface area (Å²) in [6.07, 6.45) is 4.26. The highest BCUT2D eigenvalue weighted by atomic mass is 32.1. The van der Waals surface area contributed by atoms with Gasteiger partial charge in [0.1, 0.15) is 5.01 Å². The van der Waals surface area contributed by atoms with Gasteiger partial charge in [-0.2, -0.15) is 0 Å². The molecule has 1 heterocycles. The van der Waals surface area contributed by atoms with Crippen LogP contribution in [0.2, 0.25) is 0 Å². The van der Waals surface area contributed by atoms with Gasteiger partial charge in [0.15, 0.2) is 5.78 Å². The van der Waals surface area contributed by atoms with E-state index >= 15 is 0 Å². The highest BCUT2D eigenvalue weighted by Gasteiger charge is 2.10. The Morgan fingerprint density at radius 3 is 2.71 bits per heavy atom. The second kappa shape index (κ2) is 6.21. The molecule has 120 valence electrons. The topological polar surface area (TPSA) is 42.0 Å². The predicted octanol–water partition coefficient (Wildman–Crippen LogP) is 5.32. The molecule has 0 atom stereocenters. The van der Waals surface area contributed by atoms with E-state index in [4.69, 9.17) is 4.98 Å². The molecule has 4 rings (SSSR count). The summed E-state index contributed by atoms with van der Waals surface area (Å²) in [5.41, 5.74) is 5.44. The van der Waals surface area contributed by atoms with Gasteiger partial charge in [0.25, 0.3) is 0 Å². The first kappa shape index (κ1) is 15.1. The number of allylic oxidation sites excluding steroid dienone is 2. The molecule has 3 aromatic rings. The molecule has 0 unspecified atom stereocenters. The molecule has 0 bridgehead atoms. The van der Waals surface area contributed by atoms with E-state index in [1.54, 1.807) is 17.4 Å². The van der Waals surface area contributed by atoms with Crippen LogP contribution >= 0.6 is 11.3 Å². The normalized spacial score (nSPS) is 14.7. The van der Waals surface area contributed by atoms with E-state index < -0.39 is 0 Å². The molecule has 1 aliphatic carbocycles. The van der Waals surface area contributed by atoms with Crippen LogP contribution < -0.4 is 5.32 Å². The third-order valence-corrected chi connectivity index (χ3v) is 5.25. The van der Waals surface area contributed by atoms with Gasteiger partial charge in [-0.05, 0) is 61.7 Å². The third-order valence-electron chi connectivity index (χ3n) is 4.19. The molecular formula is C20H18N2OS. The molecule has 0 radical (unpaired) electrons. The van der Waals surface area contributed by atoms with Crippen molar-refractivity contribution in [1.82, 2.24) is 4.98 Å². The number of aromatic nitrogens is 1. The fourth-order valence-corrected chi connectivity index (χ4v) is 4.00. The highest BCUT2D eigenvalue weighted by Crippen LogP contribution is 2.31. The first-order valence-corrected chi connectivity index (χ1v) is 8.97. The number of anilines is 1. The fraction of sp³-hybridized carbons (Fsp3) is 0.200. The number of fused-ring (bicyclic) bond motifs is 1. The van der Waals surface area contributed by atoms with Crippen molar-refractivity contribution in [3.05, 3.63) is 59.8 Å². The van der Waals surface area contributed by atoms with E-state index in [-0.39, 0.29) is 5.78 Å². The standard InChI is InChI=1S/C20H18N2OS/c1-13-5-10-18-19(11-13)24-20(22-18)14-6-8-15(9-7-14)21-16-3-2-4-17(23)12-16/h5-12,21H,2-4H2,1H3. The summed E-state index contributed by atoms with van der Waals surface area (Å²) < 4.78 is 1.22. The Kier molecular flexibility index (Phi) is 3.90. The third kappa shape index (κ3) is 3.10. The van der Waals surface area contributed by atoms with Crippen molar-refractivity contribution >= 4 is 33.0 Å². The van der Waals surface area contributed by atoms with Gasteiger partial charge >= 0.3 is 0 Å². The Bertz CT molecular complexity index is 938. The van der Waals surface area contributed by atoms with Crippen LogP contribution in [0.5, 0.6) is 0 Å². The summed E-state index contributed by atoms with van der Waals surface area (Å²) in [5, 5.41) is 4.38. The quantitative estimate of drug-likeness (QED) is 0.705. The zero-order valence-electron chi connectivity index (χ0n) is 13.5. The number of hydrogen-bond donors (Lipinski definition) is 1. The minimum atomic E-state index is 0.213. The van der Waals surface area contributed by atoms with Crippen LogP contribution in [0.1, 0.15) is 24.8 Å². The smallest absolute Gasteiger partial charge is 0.157 e. The van der Waals surface area contributed by atoms with E-state index in [1.165, 1.54) is 10.3 Å². The zero-order valence-corrected chi connectivity index (χ0v) is 14.3. The molecule has 3 nitrogen and oxygen atoms in total. The van der Waals surface area contributed by atoms with Crippen LogP contribution in [0, 0.1) is 6.92 Å². The van der Waals surface area contributed by atoms with E-state index in [0.717, 1.165) is 40.3 Å².